The molecule has 2 aliphatic rings. The highest BCUT2D eigenvalue weighted by atomic mass is 19.4. The van der Waals surface area contributed by atoms with E-state index in [1.54, 1.807) is 17.0 Å². The molecule has 0 spiro atoms. The Kier molecular flexibility index (Phi) is 7.35. The lowest BCUT2D eigenvalue weighted by molar-refractivity contribution is -0.137. The Balaban J connectivity index is 1.61. The van der Waals surface area contributed by atoms with Crippen LogP contribution in [0.5, 0.6) is 0 Å². The molecule has 0 bridgehead atoms. The molecule has 0 saturated carbocycles. The van der Waals surface area contributed by atoms with Crippen LogP contribution in [0.2, 0.25) is 0 Å². The summed E-state index contributed by atoms with van der Waals surface area (Å²) in [5.74, 6) is -0.792. The Labute approximate surface area is 206 Å². The van der Waals surface area contributed by atoms with Gasteiger partial charge in [0.2, 0.25) is 0 Å². The zero-order valence-corrected chi connectivity index (χ0v) is 19.7. The van der Waals surface area contributed by atoms with E-state index >= 15 is 0 Å². The number of hydrogen-bond acceptors (Lipinski definition) is 4. The van der Waals surface area contributed by atoms with Crippen LogP contribution < -0.4 is 0 Å². The third kappa shape index (κ3) is 5.70. The van der Waals surface area contributed by atoms with Crippen LogP contribution in [0.15, 0.2) is 60.1 Å². The monoisotopic (exact) mass is 505 g/mol. The Morgan fingerprint density at radius 1 is 1.08 bits per heavy atom. The van der Waals surface area contributed by atoms with E-state index in [1.807, 2.05) is 0 Å². The second-order valence-corrected chi connectivity index (χ2v) is 9.11. The average Bonchev–Trinajstić information content (AvgIpc) is 2.84. The number of alkyl halides is 3. The Morgan fingerprint density at radius 3 is 2.33 bits per heavy atom. The van der Waals surface area contributed by atoms with Crippen LogP contribution in [0.25, 0.3) is 5.70 Å². The second kappa shape index (κ2) is 10.3. The van der Waals surface area contributed by atoms with Gasteiger partial charge >= 0.3 is 12.2 Å². The minimum atomic E-state index is -4.44. The first-order valence-corrected chi connectivity index (χ1v) is 11.5. The van der Waals surface area contributed by atoms with E-state index in [-0.39, 0.29) is 43.2 Å². The molecule has 2 amide bonds. The van der Waals surface area contributed by atoms with Crippen molar-refractivity contribution in [3.05, 3.63) is 77.6 Å². The van der Waals surface area contributed by atoms with Gasteiger partial charge in [0.05, 0.1) is 43.5 Å². The molecule has 6 nitrogen and oxygen atoms in total. The predicted octanol–water partition coefficient (Wildman–Crippen LogP) is 4.76. The van der Waals surface area contributed by atoms with E-state index in [2.05, 4.69) is 11.6 Å². The first-order chi connectivity index (χ1) is 17.0. The molecule has 2 aromatic rings. The number of rotatable bonds is 4. The first-order valence-electron chi connectivity index (χ1n) is 11.5. The summed E-state index contributed by atoms with van der Waals surface area (Å²) < 4.78 is 58.4. The van der Waals surface area contributed by atoms with Crippen LogP contribution in [0, 0.1) is 11.7 Å². The Hall–Kier alpha value is -3.40. The van der Waals surface area contributed by atoms with E-state index in [4.69, 9.17) is 4.74 Å². The normalized spacial score (nSPS) is 21.2. The number of hydrogen-bond donors (Lipinski definition) is 1. The number of aliphatic hydroxyl groups excluding tert-OH is 1. The van der Waals surface area contributed by atoms with Gasteiger partial charge in [-0.15, -0.1) is 0 Å². The molecule has 36 heavy (non-hydrogen) atoms. The smallest absolute Gasteiger partial charge is 0.416 e. The van der Waals surface area contributed by atoms with Gasteiger partial charge in [-0.25, -0.2) is 14.2 Å². The number of halogens is 4. The fraction of sp³-hybridized carbons (Fsp3) is 0.385. The SMILES string of the molecule is C=C(N=C(OC)C1CC(c2ccc(C(F)(F)F)cc2)CN(C(=O)N2CC(O)C2)C1)c1cccc(F)c1. The summed E-state index contributed by atoms with van der Waals surface area (Å²) in [6, 6.07) is 10.5. The molecule has 0 radical (unpaired) electrons. The molecule has 2 aliphatic heterocycles. The van der Waals surface area contributed by atoms with Crippen LogP contribution in [-0.2, 0) is 10.9 Å². The van der Waals surface area contributed by atoms with E-state index in [1.165, 1.54) is 36.3 Å². The van der Waals surface area contributed by atoms with Gasteiger partial charge in [-0.2, -0.15) is 13.2 Å². The number of methoxy groups -OCH3 is 1. The zero-order chi connectivity index (χ0) is 26.0. The van der Waals surface area contributed by atoms with Crippen LogP contribution >= 0.6 is 0 Å². The highest BCUT2D eigenvalue weighted by molar-refractivity contribution is 5.86. The van der Waals surface area contributed by atoms with Crippen molar-refractivity contribution in [2.75, 3.05) is 33.3 Å². The van der Waals surface area contributed by atoms with Gasteiger partial charge in [0.25, 0.3) is 0 Å². The van der Waals surface area contributed by atoms with E-state index < -0.39 is 23.7 Å². The largest absolute Gasteiger partial charge is 0.484 e. The molecule has 2 fully saturated rings. The molecule has 0 aromatic heterocycles. The van der Waals surface area contributed by atoms with Crippen molar-refractivity contribution in [2.24, 2.45) is 10.9 Å². The topological polar surface area (TPSA) is 65.4 Å². The highest BCUT2D eigenvalue weighted by Gasteiger charge is 2.39. The number of ether oxygens (including phenoxy) is 1. The van der Waals surface area contributed by atoms with Gasteiger partial charge in [-0.05, 0) is 36.2 Å². The van der Waals surface area contributed by atoms with Crippen molar-refractivity contribution < 1.29 is 32.2 Å². The van der Waals surface area contributed by atoms with E-state index in [9.17, 15) is 27.5 Å². The van der Waals surface area contributed by atoms with Crippen LogP contribution in [0.3, 0.4) is 0 Å². The first kappa shape index (κ1) is 25.7. The fourth-order valence-electron chi connectivity index (χ4n) is 4.60. The van der Waals surface area contributed by atoms with Crippen molar-refractivity contribution in [1.82, 2.24) is 9.80 Å². The summed E-state index contributed by atoms with van der Waals surface area (Å²) in [5.41, 5.74) is 0.675. The maximum Gasteiger partial charge on any atom is 0.416 e. The number of aliphatic imine (C=N–C) groups is 1. The van der Waals surface area contributed by atoms with Crippen molar-refractivity contribution in [3.63, 3.8) is 0 Å². The average molecular weight is 506 g/mol. The van der Waals surface area contributed by atoms with Gasteiger partial charge in [-0.3, -0.25) is 0 Å². The second-order valence-electron chi connectivity index (χ2n) is 9.11. The van der Waals surface area contributed by atoms with Crippen molar-refractivity contribution in [1.29, 1.82) is 0 Å². The lowest BCUT2D eigenvalue weighted by atomic mass is 9.84. The number of nitrogens with zero attached hydrogens (tertiary/aromatic N) is 3. The van der Waals surface area contributed by atoms with Gasteiger partial charge in [0.15, 0.2) is 5.90 Å². The van der Waals surface area contributed by atoms with Gasteiger partial charge in [0.1, 0.15) is 5.82 Å². The summed E-state index contributed by atoms with van der Waals surface area (Å²) in [6.07, 6.45) is -4.53. The molecule has 1 N–H and O–H groups in total. The lowest BCUT2D eigenvalue weighted by Gasteiger charge is -2.44. The quantitative estimate of drug-likeness (QED) is 0.370. The van der Waals surface area contributed by atoms with Gasteiger partial charge in [-0.1, -0.05) is 30.8 Å². The summed E-state index contributed by atoms with van der Waals surface area (Å²) in [7, 11) is 1.44. The van der Waals surface area contributed by atoms with E-state index in [0.29, 0.717) is 30.0 Å². The number of carbonyl (C=O) groups is 1. The maximum absolute atomic E-state index is 13.7. The Bertz CT molecular complexity index is 1140. The van der Waals surface area contributed by atoms with Gasteiger partial charge in [0, 0.05) is 24.6 Å². The summed E-state index contributed by atoms with van der Waals surface area (Å²) in [6.45, 7) is 4.94. The van der Waals surface area contributed by atoms with Crippen molar-refractivity contribution in [3.8, 4) is 0 Å². The zero-order valence-electron chi connectivity index (χ0n) is 19.7. The van der Waals surface area contributed by atoms with Crippen LogP contribution in [0.4, 0.5) is 22.4 Å². The maximum atomic E-state index is 13.7. The summed E-state index contributed by atoms with van der Waals surface area (Å²) >= 11 is 0. The minimum absolute atomic E-state index is 0.229. The highest BCUT2D eigenvalue weighted by Crippen LogP contribution is 2.35. The van der Waals surface area contributed by atoms with Crippen LogP contribution in [0.1, 0.15) is 29.0 Å². The number of aliphatic hydroxyl groups is 1. The number of likely N-dealkylation sites (tertiary alicyclic amines) is 2. The molecule has 10 heteroatoms. The molecule has 4 rings (SSSR count). The van der Waals surface area contributed by atoms with Gasteiger partial charge < -0.3 is 19.6 Å². The van der Waals surface area contributed by atoms with Crippen molar-refractivity contribution in [2.45, 2.75) is 24.6 Å². The third-order valence-corrected chi connectivity index (χ3v) is 6.52. The molecular formula is C26H27F4N3O3. The third-order valence-electron chi connectivity index (χ3n) is 6.52. The summed E-state index contributed by atoms with van der Waals surface area (Å²) in [4.78, 5) is 20.7. The number of piperidine rings is 1. The number of carbonyl (C=O) groups excluding carboxylic acids is 1. The molecule has 2 atom stereocenters. The minimum Gasteiger partial charge on any atom is -0.484 e. The molecule has 2 unspecified atom stereocenters. The van der Waals surface area contributed by atoms with E-state index in [0.717, 1.165) is 12.1 Å². The number of β-amino-alcohol motifs (C(OH)–C–C–N with tert-alkyl or cyclic N) is 1. The standard InChI is InChI=1S/C26H27F4N3O3/c1-16(18-4-3-5-22(27)11-18)31-24(36-2)20-10-19(17-6-8-21(9-7-17)26(28,29)30)12-32(13-20)25(35)33-14-23(34)15-33/h3-9,11,19-20,23,34H,1,10,12-15H2,2H3. The number of urea groups is 1. The molecule has 0 aliphatic carbocycles. The molecule has 192 valence electrons. The van der Waals surface area contributed by atoms with Crippen molar-refractivity contribution >= 4 is 17.6 Å². The molecule has 2 saturated heterocycles. The fourth-order valence-corrected chi connectivity index (χ4v) is 4.60. The molecule has 2 heterocycles. The number of amides is 2. The number of benzene rings is 2. The summed E-state index contributed by atoms with van der Waals surface area (Å²) in [5, 5.41) is 9.61. The molecule has 2 aromatic carbocycles. The van der Waals surface area contributed by atoms with Crippen LogP contribution in [-0.4, -0.2) is 66.2 Å². The lowest BCUT2D eigenvalue weighted by Crippen LogP contribution is -2.59. The molecular weight excluding hydrogens is 478 g/mol. The Morgan fingerprint density at radius 2 is 1.75 bits per heavy atom. The predicted molar refractivity (Wildman–Crippen MR) is 127 cm³/mol.